The minimum Gasteiger partial charge on any atom is -0.380 e. The number of amides is 1. The number of rotatable bonds is 5. The Morgan fingerprint density at radius 1 is 1.19 bits per heavy atom. The lowest BCUT2D eigenvalue weighted by molar-refractivity contribution is 0.0126. The maximum atomic E-state index is 13.3. The molecule has 1 aromatic carbocycles. The predicted molar refractivity (Wildman–Crippen MR) is 123 cm³/mol. The van der Waals surface area contributed by atoms with Crippen LogP contribution in [0.5, 0.6) is 0 Å². The molecular formula is C24H27N5O3. The van der Waals surface area contributed by atoms with Crippen LogP contribution in [-0.2, 0) is 24.1 Å². The maximum absolute atomic E-state index is 13.3. The highest BCUT2D eigenvalue weighted by Crippen LogP contribution is 2.25. The maximum Gasteiger partial charge on any atom is 0.271 e. The number of hydrogen-bond donors (Lipinski definition) is 2. The van der Waals surface area contributed by atoms with Gasteiger partial charge in [-0.1, -0.05) is 24.3 Å². The summed E-state index contributed by atoms with van der Waals surface area (Å²) in [4.78, 5) is 30.7. The van der Waals surface area contributed by atoms with E-state index in [1.165, 1.54) is 11.1 Å². The van der Waals surface area contributed by atoms with Crippen molar-refractivity contribution in [3.8, 4) is 0 Å². The van der Waals surface area contributed by atoms with Gasteiger partial charge in [-0.25, -0.2) is 9.99 Å². The van der Waals surface area contributed by atoms with Gasteiger partial charge >= 0.3 is 0 Å². The molecule has 0 unspecified atom stereocenters. The summed E-state index contributed by atoms with van der Waals surface area (Å²) in [5, 5.41) is 5.76. The van der Waals surface area contributed by atoms with Crippen LogP contribution in [0.1, 0.15) is 28.4 Å². The smallest absolute Gasteiger partial charge is 0.271 e. The standard InChI is InChI=1S/C24H27N5O3/c1-2-28-15-21(24(31)27-29-7-9-32-10-8-29)22(30)20-13-19(14-25-23(20)28)26-18-11-16-5-3-4-6-17(16)12-18/h3-6,13-15,18,26H,2,7-12H2,1H3,(H,27,31). The van der Waals surface area contributed by atoms with Crippen LogP contribution in [0.25, 0.3) is 11.0 Å². The summed E-state index contributed by atoms with van der Waals surface area (Å²) >= 11 is 0. The van der Waals surface area contributed by atoms with Crippen molar-refractivity contribution < 1.29 is 9.53 Å². The van der Waals surface area contributed by atoms with E-state index in [2.05, 4.69) is 40.0 Å². The molecular weight excluding hydrogens is 406 g/mol. The van der Waals surface area contributed by atoms with Gasteiger partial charge in [-0.15, -0.1) is 0 Å². The molecule has 3 heterocycles. The van der Waals surface area contributed by atoms with Crippen LogP contribution < -0.4 is 16.2 Å². The van der Waals surface area contributed by atoms with E-state index in [9.17, 15) is 9.59 Å². The van der Waals surface area contributed by atoms with E-state index >= 15 is 0 Å². The van der Waals surface area contributed by atoms with Gasteiger partial charge in [-0.2, -0.15) is 0 Å². The van der Waals surface area contributed by atoms with Gasteiger partial charge in [-0.05, 0) is 37.0 Å². The Morgan fingerprint density at radius 2 is 1.91 bits per heavy atom. The second-order valence-electron chi connectivity index (χ2n) is 8.31. The van der Waals surface area contributed by atoms with Gasteiger partial charge in [0.25, 0.3) is 5.91 Å². The summed E-state index contributed by atoms with van der Waals surface area (Å²) in [6, 6.07) is 10.5. The summed E-state index contributed by atoms with van der Waals surface area (Å²) in [7, 11) is 0. The first kappa shape index (κ1) is 20.7. The predicted octanol–water partition coefficient (Wildman–Crippen LogP) is 1.97. The van der Waals surface area contributed by atoms with E-state index in [0.29, 0.717) is 43.9 Å². The molecule has 0 atom stereocenters. The monoisotopic (exact) mass is 433 g/mol. The van der Waals surface area contributed by atoms with Crippen LogP contribution in [0, 0.1) is 0 Å². The van der Waals surface area contributed by atoms with Gasteiger partial charge in [0.15, 0.2) is 0 Å². The summed E-state index contributed by atoms with van der Waals surface area (Å²) in [5.74, 6) is -0.398. The van der Waals surface area contributed by atoms with Crippen molar-refractivity contribution in [2.75, 3.05) is 31.6 Å². The molecule has 1 fully saturated rings. The number of carbonyl (C=O) groups excluding carboxylic acids is 1. The van der Waals surface area contributed by atoms with Gasteiger partial charge in [0.05, 0.1) is 30.5 Å². The first-order valence-electron chi connectivity index (χ1n) is 11.1. The molecule has 1 aliphatic heterocycles. The number of hydrogen-bond acceptors (Lipinski definition) is 6. The number of fused-ring (bicyclic) bond motifs is 2. The van der Waals surface area contributed by atoms with Crippen LogP contribution in [0.3, 0.4) is 0 Å². The average molecular weight is 434 g/mol. The van der Waals surface area contributed by atoms with Gasteiger partial charge in [0, 0.05) is 31.9 Å². The van der Waals surface area contributed by atoms with E-state index in [4.69, 9.17) is 4.74 Å². The largest absolute Gasteiger partial charge is 0.380 e. The molecule has 5 rings (SSSR count). The van der Waals surface area contributed by atoms with Crippen molar-refractivity contribution in [3.05, 3.63) is 69.6 Å². The van der Waals surface area contributed by atoms with Gasteiger partial charge in [0.2, 0.25) is 5.43 Å². The zero-order valence-corrected chi connectivity index (χ0v) is 18.1. The molecule has 2 N–H and O–H groups in total. The number of nitrogens with one attached hydrogen (secondary N) is 2. The Kier molecular flexibility index (Phi) is 5.63. The number of aryl methyl sites for hydroxylation is 1. The van der Waals surface area contributed by atoms with Crippen LogP contribution in [0.4, 0.5) is 5.69 Å². The molecule has 0 saturated carbocycles. The Morgan fingerprint density at radius 3 is 2.59 bits per heavy atom. The lowest BCUT2D eigenvalue weighted by Crippen LogP contribution is -2.49. The minimum absolute atomic E-state index is 0.123. The highest BCUT2D eigenvalue weighted by Gasteiger charge is 2.22. The number of morpholine rings is 1. The molecule has 2 aliphatic rings. The zero-order chi connectivity index (χ0) is 22.1. The molecule has 2 aromatic heterocycles. The first-order chi connectivity index (χ1) is 15.6. The summed E-state index contributed by atoms with van der Waals surface area (Å²) in [6.45, 7) is 4.88. The molecule has 1 saturated heterocycles. The van der Waals surface area contributed by atoms with E-state index in [1.54, 1.807) is 17.4 Å². The quantitative estimate of drug-likeness (QED) is 0.640. The molecule has 1 aliphatic carbocycles. The van der Waals surface area contributed by atoms with Gasteiger partial charge in [-0.3, -0.25) is 15.0 Å². The lowest BCUT2D eigenvalue weighted by Gasteiger charge is -2.27. The first-order valence-corrected chi connectivity index (χ1v) is 11.1. The summed E-state index contributed by atoms with van der Waals surface area (Å²) in [5.41, 5.74) is 6.75. The molecule has 166 valence electrons. The van der Waals surface area contributed by atoms with Crippen LogP contribution in [0.2, 0.25) is 0 Å². The molecule has 8 heteroatoms. The number of hydrazine groups is 1. The number of carbonyl (C=O) groups is 1. The second kappa shape index (κ2) is 8.72. The van der Waals surface area contributed by atoms with E-state index in [-0.39, 0.29) is 17.0 Å². The van der Waals surface area contributed by atoms with E-state index < -0.39 is 5.91 Å². The number of benzene rings is 1. The Balaban J connectivity index is 1.43. The number of nitrogens with zero attached hydrogens (tertiary/aromatic N) is 3. The third-order valence-corrected chi connectivity index (χ3v) is 6.19. The van der Waals surface area contributed by atoms with Crippen molar-refractivity contribution in [3.63, 3.8) is 0 Å². The Labute approximate surface area is 186 Å². The summed E-state index contributed by atoms with van der Waals surface area (Å²) < 4.78 is 7.17. The molecule has 0 bridgehead atoms. The average Bonchev–Trinajstić information content (AvgIpc) is 3.22. The molecule has 32 heavy (non-hydrogen) atoms. The Bertz CT molecular complexity index is 1190. The normalized spacial score (nSPS) is 16.8. The Hall–Kier alpha value is -3.23. The fourth-order valence-electron chi connectivity index (χ4n) is 4.53. The van der Waals surface area contributed by atoms with Crippen molar-refractivity contribution in [2.24, 2.45) is 0 Å². The van der Waals surface area contributed by atoms with E-state index in [1.807, 2.05) is 17.6 Å². The molecule has 8 nitrogen and oxygen atoms in total. The fraction of sp³-hybridized carbons (Fsp3) is 0.375. The molecule has 1 amide bonds. The van der Waals surface area contributed by atoms with Crippen molar-refractivity contribution in [1.29, 1.82) is 0 Å². The molecule has 3 aromatic rings. The topological polar surface area (TPSA) is 88.5 Å². The zero-order valence-electron chi connectivity index (χ0n) is 18.1. The van der Waals surface area contributed by atoms with Crippen LogP contribution in [0.15, 0.2) is 47.5 Å². The molecule has 0 radical (unpaired) electrons. The fourth-order valence-corrected chi connectivity index (χ4v) is 4.53. The van der Waals surface area contributed by atoms with Crippen LogP contribution in [-0.4, -0.2) is 52.8 Å². The van der Waals surface area contributed by atoms with E-state index in [0.717, 1.165) is 18.5 Å². The number of pyridine rings is 2. The second-order valence-corrected chi connectivity index (χ2v) is 8.31. The van der Waals surface area contributed by atoms with Crippen molar-refractivity contribution in [1.82, 2.24) is 20.0 Å². The van der Waals surface area contributed by atoms with Crippen molar-refractivity contribution in [2.45, 2.75) is 32.4 Å². The number of anilines is 1. The van der Waals surface area contributed by atoms with Gasteiger partial charge < -0.3 is 14.6 Å². The lowest BCUT2D eigenvalue weighted by atomic mass is 10.1. The highest BCUT2D eigenvalue weighted by molar-refractivity contribution is 5.97. The molecule has 0 spiro atoms. The number of ether oxygens (including phenoxy) is 1. The van der Waals surface area contributed by atoms with Crippen molar-refractivity contribution >= 4 is 22.6 Å². The number of aromatic nitrogens is 2. The third-order valence-electron chi connectivity index (χ3n) is 6.19. The van der Waals surface area contributed by atoms with Gasteiger partial charge in [0.1, 0.15) is 11.2 Å². The SMILES string of the molecule is CCn1cc(C(=O)NN2CCOCC2)c(=O)c2cc(NC3Cc4ccccc4C3)cnc21. The highest BCUT2D eigenvalue weighted by atomic mass is 16.5. The minimum atomic E-state index is -0.398. The third kappa shape index (κ3) is 3.99. The van der Waals surface area contributed by atoms with Crippen LogP contribution >= 0.6 is 0 Å². The summed E-state index contributed by atoms with van der Waals surface area (Å²) in [6.07, 6.45) is 5.25.